The predicted molar refractivity (Wildman–Crippen MR) is 53.8 cm³/mol. The number of carbonyl (C=O) groups excluding carboxylic acids is 1. The first-order valence-corrected chi connectivity index (χ1v) is 4.43. The summed E-state index contributed by atoms with van der Waals surface area (Å²) in [5.74, 6) is 0.609. The van der Waals surface area contributed by atoms with Crippen molar-refractivity contribution >= 4 is 5.91 Å². The standard InChI is InChI=1S/C6H13NO.C4H10/c1-6(2,3)4-5(7)8;1-4(2)3/h4H2,1-3H3,(H2,7,8);4H,1-3H3. The van der Waals surface area contributed by atoms with Crippen molar-refractivity contribution in [3.05, 3.63) is 0 Å². The molecule has 12 heavy (non-hydrogen) atoms. The Morgan fingerprint density at radius 3 is 1.50 bits per heavy atom. The molecule has 74 valence electrons. The fourth-order valence-electron chi connectivity index (χ4n) is 0.523. The summed E-state index contributed by atoms with van der Waals surface area (Å²) in [6.07, 6.45) is 0.465. The molecule has 0 aromatic heterocycles. The van der Waals surface area contributed by atoms with Crippen molar-refractivity contribution in [2.75, 3.05) is 0 Å². The van der Waals surface area contributed by atoms with Gasteiger partial charge in [-0.2, -0.15) is 0 Å². The Hall–Kier alpha value is -0.530. The van der Waals surface area contributed by atoms with Crippen molar-refractivity contribution in [2.45, 2.75) is 48.0 Å². The van der Waals surface area contributed by atoms with E-state index < -0.39 is 0 Å². The van der Waals surface area contributed by atoms with E-state index in [2.05, 4.69) is 20.8 Å². The van der Waals surface area contributed by atoms with E-state index in [0.717, 1.165) is 5.92 Å². The van der Waals surface area contributed by atoms with Crippen molar-refractivity contribution in [3.8, 4) is 0 Å². The first-order valence-electron chi connectivity index (χ1n) is 4.43. The molecule has 0 aromatic carbocycles. The lowest BCUT2D eigenvalue weighted by molar-refractivity contribution is -0.119. The fourth-order valence-corrected chi connectivity index (χ4v) is 0.523. The molecule has 0 aliphatic rings. The predicted octanol–water partition coefficient (Wildman–Crippen LogP) is 2.57. The molecule has 0 saturated carbocycles. The summed E-state index contributed by atoms with van der Waals surface area (Å²) < 4.78 is 0. The number of nitrogens with two attached hydrogens (primary N) is 1. The van der Waals surface area contributed by atoms with Gasteiger partial charge in [-0.1, -0.05) is 41.5 Å². The van der Waals surface area contributed by atoms with E-state index in [1.807, 2.05) is 20.8 Å². The highest BCUT2D eigenvalue weighted by Gasteiger charge is 2.12. The second-order valence-corrected chi connectivity index (χ2v) is 4.94. The molecular weight excluding hydrogens is 150 g/mol. The van der Waals surface area contributed by atoms with E-state index in [-0.39, 0.29) is 11.3 Å². The minimum atomic E-state index is -0.225. The molecule has 0 rings (SSSR count). The number of primary amides is 1. The maximum absolute atomic E-state index is 10.2. The summed E-state index contributed by atoms with van der Waals surface area (Å²) in [5, 5.41) is 0. The Morgan fingerprint density at radius 2 is 1.50 bits per heavy atom. The molecule has 2 nitrogen and oxygen atoms in total. The Bertz CT molecular complexity index is 120. The van der Waals surface area contributed by atoms with Crippen LogP contribution in [0.25, 0.3) is 0 Å². The topological polar surface area (TPSA) is 43.1 Å². The van der Waals surface area contributed by atoms with Gasteiger partial charge in [0, 0.05) is 6.42 Å². The van der Waals surface area contributed by atoms with E-state index in [4.69, 9.17) is 5.73 Å². The van der Waals surface area contributed by atoms with Crippen molar-refractivity contribution in [1.82, 2.24) is 0 Å². The summed E-state index contributed by atoms with van der Waals surface area (Å²) >= 11 is 0. The molecule has 0 radical (unpaired) electrons. The number of hydrogen-bond acceptors (Lipinski definition) is 1. The highest BCUT2D eigenvalue weighted by Crippen LogP contribution is 2.16. The molecule has 2 N–H and O–H groups in total. The van der Waals surface area contributed by atoms with Gasteiger partial charge < -0.3 is 5.73 Å². The summed E-state index contributed by atoms with van der Waals surface area (Å²) in [7, 11) is 0. The molecule has 0 fully saturated rings. The van der Waals surface area contributed by atoms with E-state index in [0.29, 0.717) is 6.42 Å². The zero-order valence-electron chi connectivity index (χ0n) is 9.27. The van der Waals surface area contributed by atoms with Crippen LogP contribution in [0.5, 0.6) is 0 Å². The maximum atomic E-state index is 10.2. The molecule has 0 atom stereocenters. The zero-order chi connectivity index (χ0) is 10.4. The minimum absolute atomic E-state index is 0.0475. The third-order valence-electron chi connectivity index (χ3n) is 0.705. The number of amides is 1. The Kier molecular flexibility index (Phi) is 7.05. The molecule has 0 aromatic rings. The van der Waals surface area contributed by atoms with Crippen LogP contribution >= 0.6 is 0 Å². The largest absolute Gasteiger partial charge is 0.370 e. The van der Waals surface area contributed by atoms with Gasteiger partial charge in [0.2, 0.25) is 5.91 Å². The molecule has 1 amide bonds. The van der Waals surface area contributed by atoms with Crippen molar-refractivity contribution in [2.24, 2.45) is 17.1 Å². The molecule has 0 unspecified atom stereocenters. The van der Waals surface area contributed by atoms with Crippen molar-refractivity contribution in [3.63, 3.8) is 0 Å². The van der Waals surface area contributed by atoms with Crippen LogP contribution < -0.4 is 5.73 Å². The Labute approximate surface area is 76.5 Å². The van der Waals surface area contributed by atoms with Crippen LogP contribution in [0, 0.1) is 11.3 Å². The Morgan fingerprint density at radius 1 is 1.25 bits per heavy atom. The van der Waals surface area contributed by atoms with Crippen LogP contribution in [-0.4, -0.2) is 5.91 Å². The molecule has 0 bridgehead atoms. The highest BCUT2D eigenvalue weighted by molar-refractivity contribution is 5.74. The quantitative estimate of drug-likeness (QED) is 0.650. The zero-order valence-corrected chi connectivity index (χ0v) is 9.27. The lowest BCUT2D eigenvalue weighted by atomic mass is 9.92. The van der Waals surface area contributed by atoms with E-state index >= 15 is 0 Å². The summed E-state index contributed by atoms with van der Waals surface area (Å²) in [5.41, 5.74) is 4.99. The molecular formula is C10H23NO. The third kappa shape index (κ3) is 34.0. The third-order valence-corrected chi connectivity index (χ3v) is 0.705. The van der Waals surface area contributed by atoms with Crippen molar-refractivity contribution < 1.29 is 4.79 Å². The van der Waals surface area contributed by atoms with Crippen LogP contribution in [0.3, 0.4) is 0 Å². The average Bonchev–Trinajstić information content (AvgIpc) is 1.52. The van der Waals surface area contributed by atoms with Gasteiger partial charge in [-0.05, 0) is 11.3 Å². The van der Waals surface area contributed by atoms with Gasteiger partial charge in [0.15, 0.2) is 0 Å². The van der Waals surface area contributed by atoms with Crippen LogP contribution in [0.2, 0.25) is 0 Å². The molecule has 2 heteroatoms. The van der Waals surface area contributed by atoms with Gasteiger partial charge in [-0.15, -0.1) is 0 Å². The average molecular weight is 173 g/mol. The SMILES string of the molecule is CC(C)(C)CC(N)=O.CC(C)C. The number of rotatable bonds is 1. The molecule has 0 spiro atoms. The Balaban J connectivity index is 0. The van der Waals surface area contributed by atoms with Crippen LogP contribution in [0.15, 0.2) is 0 Å². The second-order valence-electron chi connectivity index (χ2n) is 4.94. The van der Waals surface area contributed by atoms with Crippen molar-refractivity contribution in [1.29, 1.82) is 0 Å². The van der Waals surface area contributed by atoms with Gasteiger partial charge in [-0.25, -0.2) is 0 Å². The van der Waals surface area contributed by atoms with Gasteiger partial charge in [0.1, 0.15) is 0 Å². The fraction of sp³-hybridized carbons (Fsp3) is 0.900. The van der Waals surface area contributed by atoms with Crippen LogP contribution in [0.1, 0.15) is 48.0 Å². The first kappa shape index (κ1) is 14.0. The van der Waals surface area contributed by atoms with Crippen LogP contribution in [-0.2, 0) is 4.79 Å². The van der Waals surface area contributed by atoms with Crippen LogP contribution in [0.4, 0.5) is 0 Å². The molecule has 0 heterocycles. The number of hydrogen-bond donors (Lipinski definition) is 1. The van der Waals surface area contributed by atoms with Gasteiger partial charge in [0.05, 0.1) is 0 Å². The summed E-state index contributed by atoms with van der Waals surface area (Å²) in [6, 6.07) is 0. The van der Waals surface area contributed by atoms with E-state index in [1.165, 1.54) is 0 Å². The summed E-state index contributed by atoms with van der Waals surface area (Å²) in [4.78, 5) is 10.2. The van der Waals surface area contributed by atoms with E-state index in [9.17, 15) is 4.79 Å². The van der Waals surface area contributed by atoms with Gasteiger partial charge in [-0.3, -0.25) is 4.79 Å². The number of carbonyl (C=O) groups is 1. The normalized spacial score (nSPS) is 10.6. The van der Waals surface area contributed by atoms with E-state index in [1.54, 1.807) is 0 Å². The summed E-state index contributed by atoms with van der Waals surface area (Å²) in [6.45, 7) is 12.5. The molecule has 0 saturated heterocycles. The molecule has 0 aliphatic heterocycles. The monoisotopic (exact) mass is 173 g/mol. The first-order chi connectivity index (χ1) is 5.15. The highest BCUT2D eigenvalue weighted by atomic mass is 16.1. The smallest absolute Gasteiger partial charge is 0.217 e. The second kappa shape index (κ2) is 6.04. The van der Waals surface area contributed by atoms with Gasteiger partial charge in [0.25, 0.3) is 0 Å². The van der Waals surface area contributed by atoms with Gasteiger partial charge >= 0.3 is 0 Å². The molecule has 0 aliphatic carbocycles. The maximum Gasteiger partial charge on any atom is 0.217 e. The lowest BCUT2D eigenvalue weighted by Crippen LogP contribution is -2.19. The lowest BCUT2D eigenvalue weighted by Gasteiger charge is -2.13. The minimum Gasteiger partial charge on any atom is -0.370 e.